The Morgan fingerprint density at radius 3 is 2.64 bits per heavy atom. The first-order valence-electron chi connectivity index (χ1n) is 6.93. The number of benzene rings is 2. The van der Waals surface area contributed by atoms with Gasteiger partial charge < -0.3 is 15.2 Å². The van der Waals surface area contributed by atoms with E-state index in [-0.39, 0.29) is 0 Å². The summed E-state index contributed by atoms with van der Waals surface area (Å²) in [5.74, 6) is 0.778. The number of methoxy groups -OCH3 is 1. The van der Waals surface area contributed by atoms with E-state index in [1.807, 2.05) is 43.3 Å². The third kappa shape index (κ3) is 4.12. The monoisotopic (exact) mass is 297 g/mol. The maximum Gasteiger partial charge on any atom is 0.241 e. The zero-order valence-electron chi connectivity index (χ0n) is 12.7. The SMILES string of the molecule is COc1ccc(/C=C\C(N)=O)cc1OCc1ccccc1C. The minimum atomic E-state index is -0.488. The van der Waals surface area contributed by atoms with Crippen LogP contribution in [0.5, 0.6) is 11.5 Å². The molecule has 0 spiro atoms. The molecular weight excluding hydrogens is 278 g/mol. The number of nitrogens with two attached hydrogens (primary N) is 1. The summed E-state index contributed by atoms with van der Waals surface area (Å²) in [4.78, 5) is 10.8. The van der Waals surface area contributed by atoms with Gasteiger partial charge in [-0.05, 0) is 41.8 Å². The molecule has 4 heteroatoms. The molecular formula is C18H19NO3. The highest BCUT2D eigenvalue weighted by Crippen LogP contribution is 2.29. The fourth-order valence-corrected chi connectivity index (χ4v) is 2.02. The van der Waals surface area contributed by atoms with Crippen molar-refractivity contribution in [3.8, 4) is 11.5 Å². The van der Waals surface area contributed by atoms with Crippen molar-refractivity contribution in [1.29, 1.82) is 0 Å². The highest BCUT2D eigenvalue weighted by Gasteiger charge is 2.06. The minimum absolute atomic E-state index is 0.450. The topological polar surface area (TPSA) is 61.5 Å². The van der Waals surface area contributed by atoms with E-state index in [9.17, 15) is 4.79 Å². The van der Waals surface area contributed by atoms with E-state index in [1.54, 1.807) is 19.3 Å². The molecule has 1 amide bonds. The first-order valence-corrected chi connectivity index (χ1v) is 6.93. The van der Waals surface area contributed by atoms with E-state index in [0.29, 0.717) is 18.1 Å². The first-order chi connectivity index (χ1) is 10.6. The van der Waals surface area contributed by atoms with Crippen LogP contribution in [0.1, 0.15) is 16.7 Å². The second-order valence-corrected chi connectivity index (χ2v) is 4.86. The van der Waals surface area contributed by atoms with Gasteiger partial charge in [0.25, 0.3) is 0 Å². The van der Waals surface area contributed by atoms with Crippen molar-refractivity contribution in [3.05, 3.63) is 65.2 Å². The number of primary amides is 1. The normalized spacial score (nSPS) is 10.6. The molecule has 0 aliphatic heterocycles. The predicted molar refractivity (Wildman–Crippen MR) is 86.7 cm³/mol. The van der Waals surface area contributed by atoms with E-state index >= 15 is 0 Å². The van der Waals surface area contributed by atoms with E-state index in [1.165, 1.54) is 11.6 Å². The minimum Gasteiger partial charge on any atom is -0.493 e. The standard InChI is InChI=1S/C18H19NO3/c1-13-5-3-4-6-15(13)12-22-17-11-14(8-10-18(19)20)7-9-16(17)21-2/h3-11H,12H2,1-2H3,(H2,19,20)/b10-8-. The van der Waals surface area contributed by atoms with Crippen molar-refractivity contribution < 1.29 is 14.3 Å². The first kappa shape index (κ1) is 15.6. The number of aryl methyl sites for hydroxylation is 1. The third-order valence-corrected chi connectivity index (χ3v) is 3.27. The summed E-state index contributed by atoms with van der Waals surface area (Å²) in [5.41, 5.74) is 8.21. The largest absolute Gasteiger partial charge is 0.493 e. The van der Waals surface area contributed by atoms with Crippen LogP contribution < -0.4 is 15.2 Å². The van der Waals surface area contributed by atoms with Crippen molar-refractivity contribution in [2.75, 3.05) is 7.11 Å². The Kier molecular flexibility index (Phi) is 5.20. The Balaban J connectivity index is 2.19. The summed E-state index contributed by atoms with van der Waals surface area (Å²) in [6, 6.07) is 13.5. The third-order valence-electron chi connectivity index (χ3n) is 3.27. The van der Waals surface area contributed by atoms with Crippen molar-refractivity contribution in [2.24, 2.45) is 5.73 Å². The summed E-state index contributed by atoms with van der Waals surface area (Å²) in [5, 5.41) is 0. The zero-order valence-corrected chi connectivity index (χ0v) is 12.7. The van der Waals surface area contributed by atoms with Gasteiger partial charge in [0.2, 0.25) is 5.91 Å². The van der Waals surface area contributed by atoms with E-state index in [0.717, 1.165) is 11.1 Å². The van der Waals surface area contributed by atoms with Crippen molar-refractivity contribution in [1.82, 2.24) is 0 Å². The number of amides is 1. The van der Waals surface area contributed by atoms with Crippen molar-refractivity contribution >= 4 is 12.0 Å². The van der Waals surface area contributed by atoms with E-state index < -0.39 is 5.91 Å². The number of carbonyl (C=O) groups excluding carboxylic acids is 1. The lowest BCUT2D eigenvalue weighted by molar-refractivity contribution is -0.113. The quantitative estimate of drug-likeness (QED) is 0.833. The molecule has 2 aromatic carbocycles. The molecule has 22 heavy (non-hydrogen) atoms. The molecule has 0 saturated carbocycles. The van der Waals surface area contributed by atoms with Gasteiger partial charge in [0, 0.05) is 6.08 Å². The van der Waals surface area contributed by atoms with Crippen molar-refractivity contribution in [2.45, 2.75) is 13.5 Å². The lowest BCUT2D eigenvalue weighted by atomic mass is 10.1. The van der Waals surface area contributed by atoms with Gasteiger partial charge in [0.1, 0.15) is 6.61 Å². The molecule has 114 valence electrons. The van der Waals surface area contributed by atoms with Crippen LogP contribution in [-0.2, 0) is 11.4 Å². The molecule has 2 N–H and O–H groups in total. The average Bonchev–Trinajstić information content (AvgIpc) is 2.52. The summed E-state index contributed by atoms with van der Waals surface area (Å²) in [7, 11) is 1.59. The molecule has 0 aliphatic rings. The van der Waals surface area contributed by atoms with Crippen LogP contribution in [-0.4, -0.2) is 13.0 Å². The smallest absolute Gasteiger partial charge is 0.241 e. The van der Waals surface area contributed by atoms with Gasteiger partial charge in [0.15, 0.2) is 11.5 Å². The van der Waals surface area contributed by atoms with Gasteiger partial charge in [-0.1, -0.05) is 30.3 Å². The van der Waals surface area contributed by atoms with Gasteiger partial charge in [-0.15, -0.1) is 0 Å². The van der Waals surface area contributed by atoms with Gasteiger partial charge in [-0.25, -0.2) is 0 Å². The van der Waals surface area contributed by atoms with Crippen LogP contribution in [0.4, 0.5) is 0 Å². The highest BCUT2D eigenvalue weighted by atomic mass is 16.5. The van der Waals surface area contributed by atoms with Crippen LogP contribution in [0.3, 0.4) is 0 Å². The van der Waals surface area contributed by atoms with Gasteiger partial charge >= 0.3 is 0 Å². The summed E-state index contributed by atoms with van der Waals surface area (Å²) in [6.45, 7) is 2.49. The number of carbonyl (C=O) groups is 1. The maximum absolute atomic E-state index is 10.8. The van der Waals surface area contributed by atoms with Crippen LogP contribution in [0.25, 0.3) is 6.08 Å². The average molecular weight is 297 g/mol. The molecule has 0 aromatic heterocycles. The van der Waals surface area contributed by atoms with Crippen LogP contribution in [0.2, 0.25) is 0 Å². The molecule has 0 unspecified atom stereocenters. The number of ether oxygens (including phenoxy) is 2. The van der Waals surface area contributed by atoms with Crippen molar-refractivity contribution in [3.63, 3.8) is 0 Å². The number of rotatable bonds is 6. The predicted octanol–water partition coefficient (Wildman–Crippen LogP) is 3.08. The summed E-state index contributed by atoms with van der Waals surface area (Å²) >= 11 is 0. The van der Waals surface area contributed by atoms with Gasteiger partial charge in [0.05, 0.1) is 7.11 Å². The number of hydrogen-bond acceptors (Lipinski definition) is 3. The summed E-state index contributed by atoms with van der Waals surface area (Å²) in [6.07, 6.45) is 2.95. The lowest BCUT2D eigenvalue weighted by Gasteiger charge is -2.12. The molecule has 0 atom stereocenters. The fraction of sp³-hybridized carbons (Fsp3) is 0.167. The Morgan fingerprint density at radius 2 is 1.95 bits per heavy atom. The molecule has 2 rings (SSSR count). The molecule has 0 radical (unpaired) electrons. The zero-order chi connectivity index (χ0) is 15.9. The van der Waals surface area contributed by atoms with E-state index in [2.05, 4.69) is 0 Å². The van der Waals surface area contributed by atoms with Crippen LogP contribution >= 0.6 is 0 Å². The molecule has 0 heterocycles. The molecule has 0 saturated heterocycles. The van der Waals surface area contributed by atoms with Crippen LogP contribution in [0, 0.1) is 6.92 Å². The Morgan fingerprint density at radius 1 is 1.18 bits per heavy atom. The molecule has 2 aromatic rings. The van der Waals surface area contributed by atoms with Gasteiger partial charge in [-0.2, -0.15) is 0 Å². The molecule has 0 bridgehead atoms. The maximum atomic E-state index is 10.8. The Bertz CT molecular complexity index is 692. The Hall–Kier alpha value is -2.75. The fourth-order valence-electron chi connectivity index (χ4n) is 2.02. The molecule has 0 fully saturated rings. The van der Waals surface area contributed by atoms with E-state index in [4.69, 9.17) is 15.2 Å². The molecule has 4 nitrogen and oxygen atoms in total. The van der Waals surface area contributed by atoms with Gasteiger partial charge in [-0.3, -0.25) is 4.79 Å². The second-order valence-electron chi connectivity index (χ2n) is 4.86. The second kappa shape index (κ2) is 7.31. The lowest BCUT2D eigenvalue weighted by Crippen LogP contribution is -2.05. The summed E-state index contributed by atoms with van der Waals surface area (Å²) < 4.78 is 11.2. The Labute approximate surface area is 130 Å². The number of hydrogen-bond donors (Lipinski definition) is 1. The highest BCUT2D eigenvalue weighted by molar-refractivity contribution is 5.90. The molecule has 0 aliphatic carbocycles. The van der Waals surface area contributed by atoms with Crippen LogP contribution in [0.15, 0.2) is 48.5 Å².